The molecule has 0 atom stereocenters. The Morgan fingerprint density at radius 3 is 1.67 bits per heavy atom. The van der Waals surface area contributed by atoms with Gasteiger partial charge in [-0.25, -0.2) is 0 Å². The first-order valence-electron chi connectivity index (χ1n) is 5.04. The molecule has 0 N–H and O–H groups in total. The molecule has 0 saturated carbocycles. The largest absolute Gasteiger partial charge is 0.190 e. The van der Waals surface area contributed by atoms with Gasteiger partial charge in [0.15, 0.2) is 3.79 Å². The predicted molar refractivity (Wildman–Crippen MR) is 80.6 cm³/mol. The Balaban J connectivity index is 0. The highest BCUT2D eigenvalue weighted by atomic mass is 35.6. The maximum atomic E-state index is 5.25. The van der Waals surface area contributed by atoms with E-state index in [0.717, 1.165) is 11.2 Å². The zero-order valence-electron chi connectivity index (χ0n) is 10.0. The molecule has 0 aliphatic heterocycles. The molecule has 0 aromatic carbocycles. The molecule has 94 valence electrons. The van der Waals surface area contributed by atoms with Crippen LogP contribution in [0.2, 0.25) is 0 Å². The fourth-order valence-corrected chi connectivity index (χ4v) is 2.80. The zero-order chi connectivity index (χ0) is 12.5. The van der Waals surface area contributed by atoms with Crippen LogP contribution in [0.5, 0.6) is 0 Å². The van der Waals surface area contributed by atoms with E-state index in [4.69, 9.17) is 34.8 Å². The molecule has 0 aliphatic carbocycles. The highest BCUT2D eigenvalue weighted by molar-refractivity contribution is 8.76. The Bertz CT molecular complexity index is 125. The van der Waals surface area contributed by atoms with Crippen LogP contribution in [-0.2, 0) is 0 Å². The first kappa shape index (κ1) is 18.9. The van der Waals surface area contributed by atoms with Crippen molar-refractivity contribution >= 4 is 56.4 Å². The highest BCUT2D eigenvalue weighted by Crippen LogP contribution is 2.29. The van der Waals surface area contributed by atoms with Crippen molar-refractivity contribution in [3.8, 4) is 0 Å². The summed E-state index contributed by atoms with van der Waals surface area (Å²) in [6.45, 7) is 10.8. The normalized spacial score (nSPS) is 11.6. The van der Waals surface area contributed by atoms with Gasteiger partial charge in [0.05, 0.1) is 0 Å². The Kier molecular flexibility index (Phi) is 13.5. The highest BCUT2D eigenvalue weighted by Gasteiger charge is 2.14. The van der Waals surface area contributed by atoms with Gasteiger partial charge in [-0.1, -0.05) is 91.0 Å². The van der Waals surface area contributed by atoms with Crippen LogP contribution < -0.4 is 0 Å². The summed E-state index contributed by atoms with van der Waals surface area (Å²) in [4.78, 5) is 0. The molecule has 0 unspecified atom stereocenters. The van der Waals surface area contributed by atoms with E-state index in [0.29, 0.717) is 6.42 Å². The molecule has 0 heterocycles. The van der Waals surface area contributed by atoms with E-state index >= 15 is 0 Å². The monoisotopic (exact) mass is 310 g/mol. The fourth-order valence-electron chi connectivity index (χ4n) is 0.311. The molecule has 0 radical (unpaired) electrons. The van der Waals surface area contributed by atoms with Gasteiger partial charge >= 0.3 is 0 Å². The van der Waals surface area contributed by atoms with Crippen LogP contribution >= 0.6 is 56.4 Å². The quantitative estimate of drug-likeness (QED) is 0.448. The molecule has 0 spiro atoms. The molecule has 5 heteroatoms. The van der Waals surface area contributed by atoms with E-state index in [-0.39, 0.29) is 0 Å². The van der Waals surface area contributed by atoms with Gasteiger partial charge in [-0.3, -0.25) is 0 Å². The van der Waals surface area contributed by atoms with Gasteiger partial charge < -0.3 is 0 Å². The topological polar surface area (TPSA) is 0 Å². The van der Waals surface area contributed by atoms with E-state index < -0.39 is 3.79 Å². The minimum atomic E-state index is -1.04. The summed E-state index contributed by atoms with van der Waals surface area (Å²) < 4.78 is -1.04. The summed E-state index contributed by atoms with van der Waals surface area (Å²) in [7, 11) is 3.96. The van der Waals surface area contributed by atoms with E-state index in [2.05, 4.69) is 27.7 Å². The second kappa shape index (κ2) is 10.7. The van der Waals surface area contributed by atoms with Gasteiger partial charge in [0, 0.05) is 11.0 Å². The Labute approximate surface area is 118 Å². The van der Waals surface area contributed by atoms with Crippen molar-refractivity contribution in [2.24, 2.45) is 5.92 Å². The van der Waals surface area contributed by atoms with Gasteiger partial charge in [-0.05, 0) is 12.3 Å². The van der Waals surface area contributed by atoms with Crippen molar-refractivity contribution in [2.45, 2.75) is 50.1 Å². The summed E-state index contributed by atoms with van der Waals surface area (Å²) in [6.07, 6.45) is 0.567. The molecule has 0 fully saturated rings. The maximum absolute atomic E-state index is 5.25. The molecule has 0 saturated heterocycles. The minimum Gasteiger partial charge on any atom is -0.0936 e. The summed E-state index contributed by atoms with van der Waals surface area (Å²) in [5.74, 6) is 2.12. The van der Waals surface area contributed by atoms with Crippen molar-refractivity contribution in [3.63, 3.8) is 0 Å². The SMILES string of the molecule is CC(C)CSSC(C)C.CCC(Cl)(Cl)Cl. The van der Waals surface area contributed by atoms with Crippen molar-refractivity contribution in [1.29, 1.82) is 0 Å². The first-order chi connectivity index (χ1) is 6.69. The lowest BCUT2D eigenvalue weighted by Gasteiger charge is -2.04. The molecule has 0 aromatic heterocycles. The maximum Gasteiger partial charge on any atom is 0.190 e. The third-order valence-corrected chi connectivity index (χ3v) is 5.16. The predicted octanol–water partition coefficient (Wildman–Crippen LogP) is 6.20. The van der Waals surface area contributed by atoms with Crippen molar-refractivity contribution in [2.75, 3.05) is 5.75 Å². The Hall–Kier alpha value is 1.57. The minimum absolute atomic E-state index is 0.567. The second-order valence-corrected chi connectivity index (χ2v) is 9.30. The number of hydrogen-bond acceptors (Lipinski definition) is 2. The number of halogens is 3. The van der Waals surface area contributed by atoms with E-state index in [1.807, 2.05) is 28.5 Å². The number of rotatable bonds is 4. The van der Waals surface area contributed by atoms with Gasteiger partial charge in [0.25, 0.3) is 0 Å². The van der Waals surface area contributed by atoms with Crippen LogP contribution in [0, 0.1) is 5.92 Å². The van der Waals surface area contributed by atoms with Crippen LogP contribution in [0.1, 0.15) is 41.0 Å². The van der Waals surface area contributed by atoms with Crippen LogP contribution in [0.4, 0.5) is 0 Å². The average molecular weight is 312 g/mol. The average Bonchev–Trinajstić information content (AvgIpc) is 2.02. The first-order valence-corrected chi connectivity index (χ1v) is 8.55. The molecule has 0 amide bonds. The third kappa shape index (κ3) is 25.7. The molecule has 0 rings (SSSR count). The lowest BCUT2D eigenvalue weighted by molar-refractivity contribution is 0.752. The van der Waals surface area contributed by atoms with Crippen molar-refractivity contribution in [3.05, 3.63) is 0 Å². The lowest BCUT2D eigenvalue weighted by atomic mass is 10.3. The van der Waals surface area contributed by atoms with Crippen LogP contribution in [-0.4, -0.2) is 14.8 Å². The van der Waals surface area contributed by atoms with Crippen molar-refractivity contribution in [1.82, 2.24) is 0 Å². The van der Waals surface area contributed by atoms with E-state index in [1.165, 1.54) is 5.75 Å². The van der Waals surface area contributed by atoms with Crippen LogP contribution in [0.3, 0.4) is 0 Å². The van der Waals surface area contributed by atoms with Gasteiger partial charge in [0.2, 0.25) is 0 Å². The van der Waals surface area contributed by atoms with Crippen molar-refractivity contribution < 1.29 is 0 Å². The number of hydrogen-bond donors (Lipinski definition) is 0. The molecule has 0 nitrogen and oxygen atoms in total. The van der Waals surface area contributed by atoms with Gasteiger partial charge in [-0.15, -0.1) is 0 Å². The summed E-state index contributed by atoms with van der Waals surface area (Å²) in [6, 6.07) is 0. The molecular weight excluding hydrogens is 291 g/mol. The van der Waals surface area contributed by atoms with E-state index in [1.54, 1.807) is 0 Å². The summed E-state index contributed by atoms with van der Waals surface area (Å²) >= 11 is 15.7. The Morgan fingerprint density at radius 1 is 1.07 bits per heavy atom. The van der Waals surface area contributed by atoms with E-state index in [9.17, 15) is 0 Å². The smallest absolute Gasteiger partial charge is 0.0936 e. The standard InChI is InChI=1S/C7H16S2.C3H5Cl3/c1-6(2)5-8-9-7(3)4;1-2-3(4,5)6/h6-7H,5H2,1-4H3;2H2,1H3. The second-order valence-electron chi connectivity index (χ2n) is 3.79. The fraction of sp³-hybridized carbons (Fsp3) is 1.00. The Morgan fingerprint density at radius 2 is 1.47 bits per heavy atom. The van der Waals surface area contributed by atoms with Gasteiger partial charge in [0.1, 0.15) is 0 Å². The van der Waals surface area contributed by atoms with Gasteiger partial charge in [-0.2, -0.15) is 0 Å². The molecule has 0 aliphatic rings. The molecule has 15 heavy (non-hydrogen) atoms. The lowest BCUT2D eigenvalue weighted by Crippen LogP contribution is -1.95. The van der Waals surface area contributed by atoms with Crippen LogP contribution in [0.25, 0.3) is 0 Å². The summed E-state index contributed by atoms with van der Waals surface area (Å²) in [5.41, 5.74) is 0. The molecule has 0 bridgehead atoms. The third-order valence-electron chi connectivity index (χ3n) is 1.06. The number of alkyl halides is 3. The molecular formula is C10H21Cl3S2. The van der Waals surface area contributed by atoms with Crippen LogP contribution in [0.15, 0.2) is 0 Å². The summed E-state index contributed by atoms with van der Waals surface area (Å²) in [5, 5.41) is 0.772. The molecule has 0 aromatic rings. The zero-order valence-corrected chi connectivity index (χ0v) is 13.9.